The summed E-state index contributed by atoms with van der Waals surface area (Å²) in [5.41, 5.74) is 0. The van der Waals surface area contributed by atoms with Crippen molar-refractivity contribution in [2.75, 3.05) is 39.6 Å². The summed E-state index contributed by atoms with van der Waals surface area (Å²) in [5, 5.41) is 0. The van der Waals surface area contributed by atoms with Gasteiger partial charge in [0.2, 0.25) is 0 Å². The number of carbonyl (C=O) groups is 2. The summed E-state index contributed by atoms with van der Waals surface area (Å²) in [6.45, 7) is 8.13. The Hall–Kier alpha value is -1.34. The molecule has 0 radical (unpaired) electrons. The van der Waals surface area contributed by atoms with Gasteiger partial charge < -0.3 is 23.7 Å². The summed E-state index contributed by atoms with van der Waals surface area (Å²) < 4.78 is 25.5. The van der Waals surface area contributed by atoms with E-state index in [-0.39, 0.29) is 13.2 Å². The topological polar surface area (TPSA) is 80.3 Å². The smallest absolute Gasteiger partial charge is 0.461 e. The molecule has 0 aliphatic carbocycles. The van der Waals surface area contributed by atoms with Crippen LogP contribution in [0.4, 0.5) is 4.79 Å². The highest BCUT2D eigenvalue weighted by atomic mass is 16.7. The monoisotopic (exact) mass is 390 g/mol. The van der Waals surface area contributed by atoms with Crippen molar-refractivity contribution in [2.24, 2.45) is 0 Å². The second kappa shape index (κ2) is 19.4. The van der Waals surface area contributed by atoms with Crippen molar-refractivity contribution in [3.63, 3.8) is 0 Å². The number of carbonyl (C=O) groups excluding carboxylic acids is 2. The van der Waals surface area contributed by atoms with Gasteiger partial charge in [-0.2, -0.15) is 0 Å². The molecule has 0 aliphatic rings. The van der Waals surface area contributed by atoms with Crippen LogP contribution in [0.3, 0.4) is 0 Å². The molecule has 0 N–H and O–H groups in total. The van der Waals surface area contributed by atoms with Gasteiger partial charge in [-0.1, -0.05) is 52.4 Å². The third kappa shape index (κ3) is 17.8. The van der Waals surface area contributed by atoms with Crippen molar-refractivity contribution in [1.29, 1.82) is 0 Å². The van der Waals surface area contributed by atoms with Crippen molar-refractivity contribution in [2.45, 2.75) is 78.2 Å². The standard InChI is InChI=1S/C20H38O7/c1-4-6-8-9-10-11-13-26-20(22)27-18(3)19(21)25-17-16-24-15-14-23-12-7-5-2/h18H,4-17H2,1-3H3. The Kier molecular flexibility index (Phi) is 18.5. The van der Waals surface area contributed by atoms with Crippen LogP contribution in [0.15, 0.2) is 0 Å². The first kappa shape index (κ1) is 25.7. The molecule has 1 atom stereocenters. The molecular formula is C20H38O7. The molecule has 7 nitrogen and oxygen atoms in total. The van der Waals surface area contributed by atoms with E-state index in [4.69, 9.17) is 23.7 Å². The van der Waals surface area contributed by atoms with Gasteiger partial charge in [0, 0.05) is 6.61 Å². The maximum Gasteiger partial charge on any atom is 0.509 e. The molecule has 0 heterocycles. The van der Waals surface area contributed by atoms with E-state index in [2.05, 4.69) is 13.8 Å². The van der Waals surface area contributed by atoms with Gasteiger partial charge in [-0.05, 0) is 19.8 Å². The van der Waals surface area contributed by atoms with Crippen molar-refractivity contribution in [3.8, 4) is 0 Å². The first-order valence-corrected chi connectivity index (χ1v) is 10.3. The van der Waals surface area contributed by atoms with Crippen molar-refractivity contribution in [3.05, 3.63) is 0 Å². The zero-order chi connectivity index (χ0) is 20.2. The number of hydrogen-bond donors (Lipinski definition) is 0. The average molecular weight is 391 g/mol. The molecule has 0 saturated carbocycles. The fourth-order valence-electron chi connectivity index (χ4n) is 2.15. The van der Waals surface area contributed by atoms with Crippen LogP contribution in [-0.4, -0.2) is 57.9 Å². The van der Waals surface area contributed by atoms with Crippen LogP contribution in [0, 0.1) is 0 Å². The minimum Gasteiger partial charge on any atom is -0.461 e. The molecule has 0 saturated heterocycles. The van der Waals surface area contributed by atoms with Gasteiger partial charge >= 0.3 is 12.1 Å². The van der Waals surface area contributed by atoms with Gasteiger partial charge in [0.05, 0.1) is 26.4 Å². The summed E-state index contributed by atoms with van der Waals surface area (Å²) in [6.07, 6.45) is 6.91. The van der Waals surface area contributed by atoms with E-state index in [0.717, 1.165) is 38.7 Å². The van der Waals surface area contributed by atoms with E-state index >= 15 is 0 Å². The second-order valence-corrected chi connectivity index (χ2v) is 6.37. The first-order valence-electron chi connectivity index (χ1n) is 10.3. The molecule has 27 heavy (non-hydrogen) atoms. The molecular weight excluding hydrogens is 352 g/mol. The molecule has 7 heteroatoms. The van der Waals surface area contributed by atoms with Gasteiger partial charge in [-0.25, -0.2) is 9.59 Å². The largest absolute Gasteiger partial charge is 0.509 e. The highest BCUT2D eigenvalue weighted by Gasteiger charge is 2.20. The highest BCUT2D eigenvalue weighted by molar-refractivity contribution is 5.76. The van der Waals surface area contributed by atoms with E-state index in [0.29, 0.717) is 19.8 Å². The summed E-state index contributed by atoms with van der Waals surface area (Å²) in [5.74, 6) is -0.616. The lowest BCUT2D eigenvalue weighted by atomic mass is 10.1. The van der Waals surface area contributed by atoms with Crippen LogP contribution in [-0.2, 0) is 28.5 Å². The molecule has 0 aromatic rings. The van der Waals surface area contributed by atoms with Crippen LogP contribution in [0.2, 0.25) is 0 Å². The van der Waals surface area contributed by atoms with Crippen LogP contribution in [0.1, 0.15) is 72.1 Å². The van der Waals surface area contributed by atoms with E-state index in [1.165, 1.54) is 26.2 Å². The number of ether oxygens (including phenoxy) is 5. The third-order valence-electron chi connectivity index (χ3n) is 3.81. The molecule has 160 valence electrons. The first-order chi connectivity index (χ1) is 13.1. The SMILES string of the molecule is CCCCCCCCOC(=O)OC(C)C(=O)OCCOCCOCCCC. The van der Waals surface area contributed by atoms with Gasteiger partial charge in [-0.15, -0.1) is 0 Å². The molecule has 0 aliphatic heterocycles. The third-order valence-corrected chi connectivity index (χ3v) is 3.81. The Morgan fingerprint density at radius 1 is 0.667 bits per heavy atom. The summed E-state index contributed by atoms with van der Waals surface area (Å²) in [4.78, 5) is 23.3. The zero-order valence-electron chi connectivity index (χ0n) is 17.3. The number of hydrogen-bond acceptors (Lipinski definition) is 7. The predicted molar refractivity (Wildman–Crippen MR) is 103 cm³/mol. The van der Waals surface area contributed by atoms with E-state index in [1.54, 1.807) is 0 Å². The molecule has 0 rings (SSSR count). The second-order valence-electron chi connectivity index (χ2n) is 6.37. The van der Waals surface area contributed by atoms with Gasteiger partial charge in [0.1, 0.15) is 6.61 Å². The van der Waals surface area contributed by atoms with Gasteiger partial charge in [0.15, 0.2) is 6.10 Å². The average Bonchev–Trinajstić information content (AvgIpc) is 2.65. The summed E-state index contributed by atoms with van der Waals surface area (Å²) >= 11 is 0. The summed E-state index contributed by atoms with van der Waals surface area (Å²) in [6, 6.07) is 0. The zero-order valence-corrected chi connectivity index (χ0v) is 17.3. The normalized spacial score (nSPS) is 11.8. The molecule has 0 spiro atoms. The lowest BCUT2D eigenvalue weighted by Gasteiger charge is -2.13. The van der Waals surface area contributed by atoms with Gasteiger partial charge in [-0.3, -0.25) is 0 Å². The van der Waals surface area contributed by atoms with E-state index < -0.39 is 18.2 Å². The minimum atomic E-state index is -1.00. The Bertz CT molecular complexity index is 360. The Morgan fingerprint density at radius 3 is 1.96 bits per heavy atom. The maximum absolute atomic E-state index is 11.7. The van der Waals surface area contributed by atoms with Gasteiger partial charge in [0.25, 0.3) is 0 Å². The quantitative estimate of drug-likeness (QED) is 0.255. The van der Waals surface area contributed by atoms with Crippen molar-refractivity contribution < 1.29 is 33.3 Å². The van der Waals surface area contributed by atoms with Crippen LogP contribution >= 0.6 is 0 Å². The molecule has 0 amide bonds. The molecule has 0 bridgehead atoms. The highest BCUT2D eigenvalue weighted by Crippen LogP contribution is 2.05. The van der Waals surface area contributed by atoms with E-state index in [9.17, 15) is 9.59 Å². The van der Waals surface area contributed by atoms with Crippen LogP contribution in [0.5, 0.6) is 0 Å². The number of unbranched alkanes of at least 4 members (excludes halogenated alkanes) is 6. The fraction of sp³-hybridized carbons (Fsp3) is 0.900. The van der Waals surface area contributed by atoms with Crippen LogP contribution < -0.4 is 0 Å². The number of esters is 1. The lowest BCUT2D eigenvalue weighted by molar-refractivity contribution is -0.155. The Balaban J connectivity index is 3.52. The molecule has 0 fully saturated rings. The molecule has 1 unspecified atom stereocenters. The van der Waals surface area contributed by atoms with Crippen molar-refractivity contribution >= 4 is 12.1 Å². The number of rotatable bonds is 18. The van der Waals surface area contributed by atoms with Crippen molar-refractivity contribution in [1.82, 2.24) is 0 Å². The minimum absolute atomic E-state index is 0.105. The maximum atomic E-state index is 11.7. The Labute approximate surface area is 164 Å². The van der Waals surface area contributed by atoms with Crippen LogP contribution in [0.25, 0.3) is 0 Å². The fourth-order valence-corrected chi connectivity index (χ4v) is 2.15. The van der Waals surface area contributed by atoms with E-state index in [1.807, 2.05) is 0 Å². The summed E-state index contributed by atoms with van der Waals surface area (Å²) in [7, 11) is 0. The predicted octanol–water partition coefficient (Wildman–Crippen LogP) is 4.27. The lowest BCUT2D eigenvalue weighted by Crippen LogP contribution is -2.28. The molecule has 0 aromatic heterocycles. The Morgan fingerprint density at radius 2 is 1.26 bits per heavy atom. The molecule has 0 aromatic carbocycles.